The van der Waals surface area contributed by atoms with Crippen LogP contribution in [-0.2, 0) is 24.7 Å². The zero-order valence-corrected chi connectivity index (χ0v) is 22.2. The topological polar surface area (TPSA) is 118 Å². The number of hydrogen-bond acceptors (Lipinski definition) is 8. The number of halogens is 1. The van der Waals surface area contributed by atoms with Gasteiger partial charge in [0, 0.05) is 35.6 Å². The van der Waals surface area contributed by atoms with Gasteiger partial charge in [0.15, 0.2) is 12.6 Å². The second kappa shape index (κ2) is 9.73. The molecule has 1 aliphatic carbocycles. The molecule has 2 aliphatic rings. The Morgan fingerprint density at radius 3 is 2.41 bits per heavy atom. The minimum atomic E-state index is -3.66. The van der Waals surface area contributed by atoms with E-state index in [2.05, 4.69) is 10.5 Å². The van der Waals surface area contributed by atoms with E-state index in [1.54, 1.807) is 18.2 Å². The van der Waals surface area contributed by atoms with Gasteiger partial charge in [0.05, 0.1) is 17.5 Å². The van der Waals surface area contributed by atoms with E-state index in [-0.39, 0.29) is 30.8 Å². The molecule has 5 rings (SSSR count). The molecule has 1 aromatic heterocycles. The maximum Gasteiger partial charge on any atom is 0.232 e. The van der Waals surface area contributed by atoms with Crippen molar-refractivity contribution in [3.8, 4) is 11.3 Å². The van der Waals surface area contributed by atoms with Crippen LogP contribution in [0.1, 0.15) is 42.7 Å². The number of amidine groups is 1. The summed E-state index contributed by atoms with van der Waals surface area (Å²) in [6.45, 7) is 0.286. The van der Waals surface area contributed by atoms with Gasteiger partial charge in [-0.3, -0.25) is 9.14 Å². The van der Waals surface area contributed by atoms with Crippen molar-refractivity contribution in [2.75, 3.05) is 35.8 Å². The van der Waals surface area contributed by atoms with Gasteiger partial charge in [-0.25, -0.2) is 31.7 Å². The number of nitrogens with one attached hydrogen (secondary N) is 1. The van der Waals surface area contributed by atoms with Crippen LogP contribution in [0.3, 0.4) is 0 Å². The maximum atomic E-state index is 13.6. The van der Waals surface area contributed by atoms with Gasteiger partial charge in [-0.15, -0.1) is 0 Å². The van der Waals surface area contributed by atoms with Crippen molar-refractivity contribution >= 4 is 42.4 Å². The van der Waals surface area contributed by atoms with Crippen molar-refractivity contribution in [2.45, 2.75) is 31.6 Å². The Morgan fingerprint density at radius 1 is 1.08 bits per heavy atom. The number of fused-ring (bicyclic) bond motifs is 1. The van der Waals surface area contributed by atoms with Gasteiger partial charge in [0.25, 0.3) is 0 Å². The number of benzene rings is 2. The Hall–Kier alpha value is -2.96. The van der Waals surface area contributed by atoms with Gasteiger partial charge < -0.3 is 4.42 Å². The van der Waals surface area contributed by atoms with Crippen molar-refractivity contribution < 1.29 is 30.5 Å². The van der Waals surface area contributed by atoms with E-state index < -0.39 is 19.9 Å². The van der Waals surface area contributed by atoms with Gasteiger partial charge in [0.2, 0.25) is 10.0 Å². The first-order chi connectivity index (χ1) is 17.5. The Bertz CT molecular complexity index is 1580. The van der Waals surface area contributed by atoms with Crippen LogP contribution >= 0.6 is 0 Å². The minimum absolute atomic E-state index is 0.00112. The number of sulfone groups is 1. The first kappa shape index (κ1) is 25.7. The number of anilines is 1. The largest absolute Gasteiger partial charge is 0.455 e. The molecule has 0 radical (unpaired) electrons. The van der Waals surface area contributed by atoms with Crippen LogP contribution in [-0.4, -0.2) is 54.2 Å². The molecule has 0 spiro atoms. The van der Waals surface area contributed by atoms with Crippen molar-refractivity contribution in [1.29, 1.82) is 0 Å². The highest BCUT2D eigenvalue weighted by Gasteiger charge is 2.33. The third-order valence-electron chi connectivity index (χ3n) is 6.45. The van der Waals surface area contributed by atoms with Crippen LogP contribution in [0.15, 0.2) is 45.8 Å². The van der Waals surface area contributed by atoms with Crippen LogP contribution < -0.4 is 9.79 Å². The lowest BCUT2D eigenvalue weighted by atomic mass is 10.00. The monoisotopic (exact) mass is 549 g/mol. The van der Waals surface area contributed by atoms with Gasteiger partial charge in [0.1, 0.15) is 27.0 Å². The summed E-state index contributed by atoms with van der Waals surface area (Å²) in [6.07, 6.45) is 4.94. The lowest BCUT2D eigenvalue weighted by Crippen LogP contribution is -2.32. The molecule has 1 saturated carbocycles. The molecule has 1 aliphatic heterocycles. The van der Waals surface area contributed by atoms with Crippen LogP contribution in [0.25, 0.3) is 22.3 Å². The van der Waals surface area contributed by atoms with E-state index in [9.17, 15) is 21.2 Å². The summed E-state index contributed by atoms with van der Waals surface area (Å²) in [5.41, 5.74) is 5.97. The van der Waals surface area contributed by atoms with Gasteiger partial charge in [-0.1, -0.05) is 0 Å². The highest BCUT2D eigenvalue weighted by atomic mass is 32.2. The predicted molar refractivity (Wildman–Crippen MR) is 140 cm³/mol. The Morgan fingerprint density at radius 2 is 1.81 bits per heavy atom. The summed E-state index contributed by atoms with van der Waals surface area (Å²) in [5.74, 6) is 0.766. The SMILES string of the molecule is CS(=O)(=O)CCCCN(c1cc2oc(-c3ccc(F)cc3)c(C3=NCON3)c2cc1C1CC1)S(C)(=O)=O. The third-order valence-corrected chi connectivity index (χ3v) is 8.66. The standard InChI is InChI=1S/C25H28FN3O6S2/c1-36(30,31)12-4-3-11-29(37(2,32)33)21-14-22-20(13-19(21)16-5-6-16)23(25-27-15-34-28-25)24(35-22)17-7-9-18(26)10-8-17/h7-10,13-14,16H,3-6,11-12,15H2,1-2H3,(H,27,28). The molecular weight excluding hydrogens is 521 g/mol. The molecule has 0 saturated heterocycles. The molecule has 3 aromatic rings. The molecule has 2 aromatic carbocycles. The number of rotatable bonds is 10. The highest BCUT2D eigenvalue weighted by molar-refractivity contribution is 7.92. The minimum Gasteiger partial charge on any atom is -0.455 e. The lowest BCUT2D eigenvalue weighted by molar-refractivity contribution is 0.115. The Kier molecular flexibility index (Phi) is 6.75. The Balaban J connectivity index is 1.63. The molecule has 1 N–H and O–H groups in total. The number of hydrogen-bond donors (Lipinski definition) is 1. The number of sulfonamides is 1. The number of furan rings is 1. The molecular formula is C25H28FN3O6S2. The molecule has 198 valence electrons. The second-order valence-corrected chi connectivity index (χ2v) is 13.7. The summed E-state index contributed by atoms with van der Waals surface area (Å²) >= 11 is 0. The van der Waals surface area contributed by atoms with E-state index in [0.717, 1.165) is 30.0 Å². The predicted octanol–water partition coefficient (Wildman–Crippen LogP) is 3.95. The maximum absolute atomic E-state index is 13.6. The fraction of sp³-hybridized carbons (Fsp3) is 0.400. The summed E-state index contributed by atoms with van der Waals surface area (Å²) in [5, 5.41) is 0.743. The molecule has 0 atom stereocenters. The van der Waals surface area contributed by atoms with E-state index in [1.807, 2.05) is 6.07 Å². The molecule has 1 fully saturated rings. The van der Waals surface area contributed by atoms with Gasteiger partial charge >= 0.3 is 0 Å². The van der Waals surface area contributed by atoms with E-state index in [1.165, 1.54) is 22.7 Å². The van der Waals surface area contributed by atoms with Gasteiger partial charge in [-0.2, -0.15) is 0 Å². The van der Waals surface area contributed by atoms with E-state index in [0.29, 0.717) is 46.8 Å². The molecule has 2 heterocycles. The van der Waals surface area contributed by atoms with Crippen molar-refractivity contribution in [1.82, 2.24) is 5.48 Å². The van der Waals surface area contributed by atoms with Crippen LogP contribution in [0.5, 0.6) is 0 Å². The number of aliphatic imine (C=N–C) groups is 1. The third kappa shape index (κ3) is 5.65. The molecule has 0 amide bonds. The normalized spacial score (nSPS) is 16.1. The first-order valence-corrected chi connectivity index (χ1v) is 15.9. The quantitative estimate of drug-likeness (QED) is 0.381. The second-order valence-electron chi connectivity index (χ2n) is 9.55. The average Bonchev–Trinajstić information content (AvgIpc) is 3.39. The molecule has 37 heavy (non-hydrogen) atoms. The van der Waals surface area contributed by atoms with E-state index in [4.69, 9.17) is 9.25 Å². The van der Waals surface area contributed by atoms with E-state index >= 15 is 0 Å². The van der Waals surface area contributed by atoms with Crippen molar-refractivity contribution in [3.63, 3.8) is 0 Å². The number of hydroxylamine groups is 1. The average molecular weight is 550 g/mol. The molecule has 12 heteroatoms. The van der Waals surface area contributed by atoms with Crippen molar-refractivity contribution in [3.05, 3.63) is 53.3 Å². The van der Waals surface area contributed by atoms with Crippen molar-refractivity contribution in [2.24, 2.45) is 4.99 Å². The number of unbranched alkanes of at least 4 members (excludes halogenated alkanes) is 1. The fourth-order valence-corrected chi connectivity index (χ4v) is 6.27. The summed E-state index contributed by atoms with van der Waals surface area (Å²) in [4.78, 5) is 9.61. The zero-order chi connectivity index (χ0) is 26.4. The molecule has 0 bridgehead atoms. The first-order valence-electron chi connectivity index (χ1n) is 12.0. The summed E-state index contributed by atoms with van der Waals surface area (Å²) in [7, 11) is -6.80. The van der Waals surface area contributed by atoms with Gasteiger partial charge in [-0.05, 0) is 67.5 Å². The lowest BCUT2D eigenvalue weighted by Gasteiger charge is -2.25. The Labute approximate surface area is 215 Å². The number of nitrogens with zero attached hydrogens (tertiary/aromatic N) is 2. The van der Waals surface area contributed by atoms with Crippen LogP contribution in [0.4, 0.5) is 10.1 Å². The molecule has 0 unspecified atom stereocenters. The van der Waals surface area contributed by atoms with Crippen LogP contribution in [0.2, 0.25) is 0 Å². The molecule has 9 nitrogen and oxygen atoms in total. The highest BCUT2D eigenvalue weighted by Crippen LogP contribution is 2.48. The summed E-state index contributed by atoms with van der Waals surface area (Å²) < 4.78 is 70.1. The zero-order valence-electron chi connectivity index (χ0n) is 20.5. The fourth-order valence-electron chi connectivity index (χ4n) is 4.57. The van der Waals surface area contributed by atoms with Crippen LogP contribution in [0, 0.1) is 5.82 Å². The smallest absolute Gasteiger partial charge is 0.232 e. The summed E-state index contributed by atoms with van der Waals surface area (Å²) in [6, 6.07) is 9.59.